The van der Waals surface area contributed by atoms with Gasteiger partial charge in [-0.1, -0.05) is 26.0 Å². The lowest BCUT2D eigenvalue weighted by molar-refractivity contribution is -0.180. The number of rotatable bonds is 5. The highest BCUT2D eigenvalue weighted by Gasteiger charge is 2.41. The van der Waals surface area contributed by atoms with Crippen LogP contribution in [-0.4, -0.2) is 69.3 Å². The van der Waals surface area contributed by atoms with E-state index in [-0.39, 0.29) is 5.56 Å². The van der Waals surface area contributed by atoms with Crippen LogP contribution in [0.3, 0.4) is 0 Å². The lowest BCUT2D eigenvalue weighted by Gasteiger charge is -2.33. The molecule has 1 aliphatic heterocycles. The predicted molar refractivity (Wildman–Crippen MR) is 135 cm³/mol. The second-order valence-corrected chi connectivity index (χ2v) is 10.1. The van der Waals surface area contributed by atoms with Crippen molar-refractivity contribution in [1.29, 1.82) is 0 Å². The van der Waals surface area contributed by atoms with Crippen molar-refractivity contribution in [3.8, 4) is 5.75 Å². The fraction of sp³-hybridized carbons (Fsp3) is 0.444. The Hall–Kier alpha value is -4.27. The zero-order valence-electron chi connectivity index (χ0n) is 22.9. The van der Waals surface area contributed by atoms with Crippen LogP contribution in [-0.2, 0) is 30.3 Å². The molecule has 0 aliphatic carbocycles. The minimum Gasteiger partial charge on any atom is -0.507 e. The summed E-state index contributed by atoms with van der Waals surface area (Å²) in [6, 6.07) is 1.78. The molecule has 1 aromatic carbocycles. The van der Waals surface area contributed by atoms with Gasteiger partial charge in [-0.2, -0.15) is 18.2 Å². The molecule has 1 saturated heterocycles. The molecular weight excluding hydrogens is 570 g/mol. The molecule has 0 saturated carbocycles. The lowest BCUT2D eigenvalue weighted by atomic mass is 9.92. The number of pyridine rings is 1. The maximum absolute atomic E-state index is 14.5. The van der Waals surface area contributed by atoms with Gasteiger partial charge in [0.15, 0.2) is 5.82 Å². The van der Waals surface area contributed by atoms with E-state index >= 15 is 0 Å². The van der Waals surface area contributed by atoms with Crippen molar-refractivity contribution in [3.05, 3.63) is 58.9 Å². The van der Waals surface area contributed by atoms with Crippen molar-refractivity contribution in [2.24, 2.45) is 11.8 Å². The number of phenolic OH excluding ortho intramolecular Hbond substituents is 1. The summed E-state index contributed by atoms with van der Waals surface area (Å²) in [5.41, 5.74) is -1.41. The molecule has 15 heteroatoms. The molecule has 11 nitrogen and oxygen atoms in total. The molecule has 1 aliphatic rings. The third-order valence-corrected chi connectivity index (χ3v) is 6.70. The van der Waals surface area contributed by atoms with Gasteiger partial charge >= 0.3 is 11.9 Å². The number of aromatic hydroxyl groups is 1. The normalized spacial score (nSPS) is 25.5. The number of para-hydroxylation sites is 1. The molecule has 3 rings (SSSR count). The molecule has 228 valence electrons. The number of nitrogens with zero attached hydrogens (tertiary/aromatic N) is 1. The van der Waals surface area contributed by atoms with Crippen LogP contribution in [0.2, 0.25) is 0 Å². The Bertz CT molecular complexity index is 1380. The Morgan fingerprint density at radius 2 is 1.67 bits per heavy atom. The Kier molecular flexibility index (Phi) is 10.1. The van der Waals surface area contributed by atoms with E-state index in [0.717, 1.165) is 6.92 Å². The number of aromatic nitrogens is 1. The van der Waals surface area contributed by atoms with Gasteiger partial charge in [0, 0.05) is 17.9 Å². The highest BCUT2D eigenvalue weighted by Crippen LogP contribution is 2.24. The molecule has 4 N–H and O–H groups in total. The molecule has 1 unspecified atom stereocenters. The molecule has 0 radical (unpaired) electrons. The number of halogens is 4. The molecule has 2 heterocycles. The van der Waals surface area contributed by atoms with Crippen LogP contribution in [0, 0.1) is 35.4 Å². The van der Waals surface area contributed by atoms with E-state index in [4.69, 9.17) is 9.47 Å². The van der Waals surface area contributed by atoms with Gasteiger partial charge in [0.05, 0.1) is 23.6 Å². The Morgan fingerprint density at radius 1 is 1.02 bits per heavy atom. The predicted octanol–water partition coefficient (Wildman–Crippen LogP) is 1.68. The number of benzene rings is 1. The molecular formula is C27H29F4N3O8. The molecule has 1 aromatic heterocycles. The smallest absolute Gasteiger partial charge is 0.348 e. The lowest BCUT2D eigenvalue weighted by Crippen LogP contribution is -2.59. The van der Waals surface area contributed by atoms with E-state index in [0.29, 0.717) is 0 Å². The van der Waals surface area contributed by atoms with E-state index in [1.165, 1.54) is 45.0 Å². The highest BCUT2D eigenvalue weighted by molar-refractivity contribution is 6.00. The first-order chi connectivity index (χ1) is 19.6. The Balaban J connectivity index is 2.07. The van der Waals surface area contributed by atoms with E-state index in [1.54, 1.807) is 0 Å². The number of carbonyl (C=O) groups is 4. The van der Waals surface area contributed by atoms with Crippen molar-refractivity contribution in [2.75, 3.05) is 0 Å². The second-order valence-electron chi connectivity index (χ2n) is 10.1. The quantitative estimate of drug-likeness (QED) is 0.227. The van der Waals surface area contributed by atoms with E-state index < -0.39 is 107 Å². The van der Waals surface area contributed by atoms with Gasteiger partial charge in [0.1, 0.15) is 17.9 Å². The van der Waals surface area contributed by atoms with Gasteiger partial charge in [-0.25, -0.2) is 9.18 Å². The summed E-state index contributed by atoms with van der Waals surface area (Å²) in [5, 5.41) is 25.6. The minimum absolute atomic E-state index is 0.258. The van der Waals surface area contributed by atoms with Crippen LogP contribution in [0.4, 0.5) is 17.6 Å². The molecule has 0 spiro atoms. The van der Waals surface area contributed by atoms with Crippen molar-refractivity contribution in [2.45, 2.75) is 64.5 Å². The average Bonchev–Trinajstić information content (AvgIpc) is 2.93. The van der Waals surface area contributed by atoms with Gasteiger partial charge in [-0.3, -0.25) is 14.4 Å². The first-order valence-electron chi connectivity index (χ1n) is 12.8. The summed E-state index contributed by atoms with van der Waals surface area (Å²) in [7, 11) is 0. The van der Waals surface area contributed by atoms with Crippen molar-refractivity contribution in [1.82, 2.24) is 15.6 Å². The number of carbonyl (C=O) groups excluding carboxylic acids is 4. The number of cyclic esters (lactones) is 2. The highest BCUT2D eigenvalue weighted by atomic mass is 19.2. The third kappa shape index (κ3) is 6.95. The monoisotopic (exact) mass is 599 g/mol. The SMILES string of the molecule is CC(C)C1OC(=O)[C@H](C)[C@H](O)[C@H](Cc2c(F)nc(F)c(F)c2F)NC(=O)[C@@H](NC(=O)c2ccccc2O)[C@@H](C)OC1=O. The van der Waals surface area contributed by atoms with E-state index in [2.05, 4.69) is 15.6 Å². The standard InChI is InChI=1S/C27H29F4N3O8/c1-10(2)21-27(40)41-12(4)19(33-24(37)13-7-5-6-8-16(13)35)25(38)32-15(20(36)11(3)26(39)42-21)9-14-17(28)18(29)23(31)34-22(14)30/h5-8,10-12,15,19-21,35-36H,9H2,1-4H3,(H,32,38)(H,33,37)/t11-,12-,15+,19+,20+,21?/m1/s1. The first-order valence-corrected chi connectivity index (χ1v) is 12.8. The number of ether oxygens (including phenoxy) is 2. The van der Waals surface area contributed by atoms with Crippen molar-refractivity contribution < 1.29 is 56.4 Å². The largest absolute Gasteiger partial charge is 0.507 e. The number of amides is 2. The fourth-order valence-electron chi connectivity index (χ4n) is 4.22. The zero-order valence-corrected chi connectivity index (χ0v) is 22.9. The van der Waals surface area contributed by atoms with E-state index in [9.17, 15) is 47.0 Å². The molecule has 0 bridgehead atoms. The topological polar surface area (TPSA) is 164 Å². The summed E-state index contributed by atoms with van der Waals surface area (Å²) in [6.07, 6.45) is -5.99. The number of phenols is 1. The number of esters is 2. The minimum atomic E-state index is -2.11. The fourth-order valence-corrected chi connectivity index (χ4v) is 4.22. The summed E-state index contributed by atoms with van der Waals surface area (Å²) in [6.45, 7) is 5.39. The molecule has 6 atom stereocenters. The van der Waals surface area contributed by atoms with Gasteiger partial charge < -0.3 is 30.3 Å². The van der Waals surface area contributed by atoms with Crippen LogP contribution in [0.25, 0.3) is 0 Å². The zero-order chi connectivity index (χ0) is 31.5. The Morgan fingerprint density at radius 3 is 2.29 bits per heavy atom. The second kappa shape index (κ2) is 13.1. The van der Waals surface area contributed by atoms with Crippen LogP contribution < -0.4 is 10.6 Å². The van der Waals surface area contributed by atoms with Gasteiger partial charge in [0.2, 0.25) is 23.8 Å². The number of hydrogen-bond acceptors (Lipinski definition) is 9. The average molecular weight is 600 g/mol. The first kappa shape index (κ1) is 32.2. The number of aliphatic hydroxyl groups excluding tert-OH is 1. The molecule has 42 heavy (non-hydrogen) atoms. The third-order valence-electron chi connectivity index (χ3n) is 6.70. The van der Waals surface area contributed by atoms with Crippen LogP contribution in [0.15, 0.2) is 24.3 Å². The van der Waals surface area contributed by atoms with Crippen molar-refractivity contribution in [3.63, 3.8) is 0 Å². The number of aliphatic hydroxyl groups is 1. The summed E-state index contributed by atoms with van der Waals surface area (Å²) < 4.78 is 66.9. The maximum atomic E-state index is 14.5. The van der Waals surface area contributed by atoms with Crippen LogP contribution in [0.5, 0.6) is 5.75 Å². The Labute approximate surface area is 237 Å². The van der Waals surface area contributed by atoms with Crippen molar-refractivity contribution >= 4 is 23.8 Å². The van der Waals surface area contributed by atoms with Gasteiger partial charge in [-0.05, 0) is 26.0 Å². The number of nitrogens with one attached hydrogen (secondary N) is 2. The van der Waals surface area contributed by atoms with Gasteiger partial charge in [0.25, 0.3) is 11.9 Å². The van der Waals surface area contributed by atoms with E-state index in [1.807, 2.05) is 0 Å². The number of hydrogen-bond donors (Lipinski definition) is 4. The summed E-state index contributed by atoms with van der Waals surface area (Å²) in [4.78, 5) is 54.9. The summed E-state index contributed by atoms with van der Waals surface area (Å²) >= 11 is 0. The maximum Gasteiger partial charge on any atom is 0.348 e. The van der Waals surface area contributed by atoms with Gasteiger partial charge in [-0.15, -0.1) is 0 Å². The molecule has 2 aromatic rings. The van der Waals surface area contributed by atoms with Crippen LogP contribution >= 0.6 is 0 Å². The molecule has 2 amide bonds. The summed E-state index contributed by atoms with van der Waals surface area (Å²) in [5.74, 6) is -14.9. The van der Waals surface area contributed by atoms with Crippen LogP contribution in [0.1, 0.15) is 43.6 Å². The molecule has 1 fully saturated rings.